The molecule has 0 bridgehead atoms. The van der Waals surface area contributed by atoms with Crippen molar-refractivity contribution in [3.8, 4) is 0 Å². The molecule has 124 valence electrons. The van der Waals surface area contributed by atoms with Crippen LogP contribution in [-0.2, 0) is 11.3 Å². The zero-order chi connectivity index (χ0) is 17.5. The molecule has 0 atom stereocenters. The summed E-state index contributed by atoms with van der Waals surface area (Å²) in [6.45, 7) is 0.364. The highest BCUT2D eigenvalue weighted by Crippen LogP contribution is 2.07. The highest BCUT2D eigenvalue weighted by Gasteiger charge is 2.07. The van der Waals surface area contributed by atoms with Gasteiger partial charge < -0.3 is 10.2 Å². The van der Waals surface area contributed by atoms with Gasteiger partial charge in [-0.15, -0.1) is 0 Å². The minimum absolute atomic E-state index is 0.0622. The lowest BCUT2D eigenvalue weighted by Crippen LogP contribution is -2.22. The molecule has 0 aromatic heterocycles. The lowest BCUT2D eigenvalue weighted by Gasteiger charge is -2.10. The summed E-state index contributed by atoms with van der Waals surface area (Å²) in [6, 6.07) is 13.0. The topological polar surface area (TPSA) is 49.4 Å². The molecule has 24 heavy (non-hydrogen) atoms. The van der Waals surface area contributed by atoms with Crippen LogP contribution in [0.1, 0.15) is 21.5 Å². The Morgan fingerprint density at radius 1 is 1.04 bits per heavy atom. The first kappa shape index (κ1) is 17.4. The molecule has 0 saturated heterocycles. The van der Waals surface area contributed by atoms with Crippen LogP contribution in [0.25, 0.3) is 6.08 Å². The van der Waals surface area contributed by atoms with Gasteiger partial charge >= 0.3 is 0 Å². The second kappa shape index (κ2) is 8.06. The zero-order valence-corrected chi connectivity index (χ0v) is 13.6. The molecule has 2 aromatic carbocycles. The molecule has 0 saturated carbocycles. The van der Waals surface area contributed by atoms with Crippen LogP contribution in [0.3, 0.4) is 0 Å². The summed E-state index contributed by atoms with van der Waals surface area (Å²) in [5.74, 6) is -0.617. The van der Waals surface area contributed by atoms with Gasteiger partial charge in [0.2, 0.25) is 5.91 Å². The number of nitrogens with zero attached hydrogens (tertiary/aromatic N) is 1. The van der Waals surface area contributed by atoms with Crippen LogP contribution in [-0.4, -0.2) is 30.8 Å². The minimum atomic E-state index is -0.312. The van der Waals surface area contributed by atoms with Crippen molar-refractivity contribution in [3.63, 3.8) is 0 Å². The van der Waals surface area contributed by atoms with E-state index in [0.717, 1.165) is 11.1 Å². The summed E-state index contributed by atoms with van der Waals surface area (Å²) in [5, 5.41) is 2.76. The summed E-state index contributed by atoms with van der Waals surface area (Å²) >= 11 is 0. The van der Waals surface area contributed by atoms with Crippen LogP contribution in [0, 0.1) is 5.82 Å². The van der Waals surface area contributed by atoms with Gasteiger partial charge in [-0.1, -0.05) is 24.3 Å². The minimum Gasteiger partial charge on any atom is -0.348 e. The quantitative estimate of drug-likeness (QED) is 0.859. The van der Waals surface area contributed by atoms with E-state index < -0.39 is 0 Å². The van der Waals surface area contributed by atoms with E-state index in [1.165, 1.54) is 23.1 Å². The summed E-state index contributed by atoms with van der Waals surface area (Å²) in [5.41, 5.74) is 2.25. The van der Waals surface area contributed by atoms with Crippen molar-refractivity contribution in [2.24, 2.45) is 0 Å². The SMILES string of the molecule is CN(C)C(=O)c1ccc(CNC(=O)/C=C/c2ccc(F)cc2)cc1. The van der Waals surface area contributed by atoms with Gasteiger partial charge in [-0.05, 0) is 41.5 Å². The smallest absolute Gasteiger partial charge is 0.253 e. The van der Waals surface area contributed by atoms with Crippen LogP contribution in [0.2, 0.25) is 0 Å². The molecule has 2 aromatic rings. The van der Waals surface area contributed by atoms with E-state index in [9.17, 15) is 14.0 Å². The van der Waals surface area contributed by atoms with Gasteiger partial charge in [-0.2, -0.15) is 0 Å². The Morgan fingerprint density at radius 3 is 2.25 bits per heavy atom. The van der Waals surface area contributed by atoms with E-state index in [2.05, 4.69) is 5.32 Å². The second-order valence-electron chi connectivity index (χ2n) is 5.50. The molecule has 2 amide bonds. The third-order valence-electron chi connectivity index (χ3n) is 3.37. The van der Waals surface area contributed by atoms with Gasteiger partial charge in [0.05, 0.1) is 0 Å². The van der Waals surface area contributed by atoms with Crippen LogP contribution < -0.4 is 5.32 Å². The number of carbonyl (C=O) groups excluding carboxylic acids is 2. The van der Waals surface area contributed by atoms with Crippen molar-refractivity contribution < 1.29 is 14.0 Å². The predicted molar refractivity (Wildman–Crippen MR) is 91.7 cm³/mol. The Bertz CT molecular complexity index is 735. The number of rotatable bonds is 5. The fourth-order valence-electron chi connectivity index (χ4n) is 2.02. The van der Waals surface area contributed by atoms with Gasteiger partial charge in [0.25, 0.3) is 5.91 Å². The largest absolute Gasteiger partial charge is 0.348 e. The van der Waals surface area contributed by atoms with Crippen LogP contribution in [0.15, 0.2) is 54.6 Å². The second-order valence-corrected chi connectivity index (χ2v) is 5.50. The lowest BCUT2D eigenvalue weighted by molar-refractivity contribution is -0.116. The molecule has 0 aliphatic heterocycles. The van der Waals surface area contributed by atoms with E-state index in [4.69, 9.17) is 0 Å². The third kappa shape index (κ3) is 5.05. The van der Waals surface area contributed by atoms with Gasteiger partial charge in [0, 0.05) is 32.3 Å². The third-order valence-corrected chi connectivity index (χ3v) is 3.37. The Balaban J connectivity index is 1.87. The highest BCUT2D eigenvalue weighted by molar-refractivity contribution is 5.94. The number of halogens is 1. The van der Waals surface area contributed by atoms with Crippen LogP contribution >= 0.6 is 0 Å². The maximum absolute atomic E-state index is 12.8. The van der Waals surface area contributed by atoms with Gasteiger partial charge in [0.1, 0.15) is 5.82 Å². The Morgan fingerprint density at radius 2 is 1.67 bits per heavy atom. The Kier molecular flexibility index (Phi) is 5.84. The molecular formula is C19H19FN2O2. The van der Waals surface area contributed by atoms with E-state index in [1.54, 1.807) is 56.6 Å². The summed E-state index contributed by atoms with van der Waals surface area (Å²) in [7, 11) is 3.40. The zero-order valence-electron chi connectivity index (χ0n) is 13.6. The number of nitrogens with one attached hydrogen (secondary N) is 1. The molecule has 0 radical (unpaired) electrons. The van der Waals surface area contributed by atoms with Gasteiger partial charge in [-0.25, -0.2) is 4.39 Å². The number of hydrogen-bond acceptors (Lipinski definition) is 2. The van der Waals surface area contributed by atoms with Crippen molar-refractivity contribution in [1.29, 1.82) is 0 Å². The van der Waals surface area contributed by atoms with Crippen molar-refractivity contribution in [2.45, 2.75) is 6.54 Å². The normalized spacial score (nSPS) is 10.6. The van der Waals surface area contributed by atoms with Crippen LogP contribution in [0.4, 0.5) is 4.39 Å². The Labute approximate surface area is 140 Å². The number of benzene rings is 2. The molecule has 0 aliphatic rings. The molecule has 1 N–H and O–H groups in total. The average molecular weight is 326 g/mol. The summed E-state index contributed by atoms with van der Waals surface area (Å²) in [6.07, 6.45) is 3.02. The van der Waals surface area contributed by atoms with Crippen molar-refractivity contribution >= 4 is 17.9 Å². The maximum atomic E-state index is 12.8. The summed E-state index contributed by atoms with van der Waals surface area (Å²) in [4.78, 5) is 25.1. The number of hydrogen-bond donors (Lipinski definition) is 1. The number of carbonyl (C=O) groups is 2. The molecule has 0 unspecified atom stereocenters. The molecule has 5 heteroatoms. The van der Waals surface area contributed by atoms with Crippen molar-refractivity contribution in [2.75, 3.05) is 14.1 Å². The average Bonchev–Trinajstić information content (AvgIpc) is 2.59. The van der Waals surface area contributed by atoms with Crippen LogP contribution in [0.5, 0.6) is 0 Å². The molecule has 0 spiro atoms. The van der Waals surface area contributed by atoms with E-state index in [0.29, 0.717) is 12.1 Å². The van der Waals surface area contributed by atoms with E-state index in [-0.39, 0.29) is 17.6 Å². The highest BCUT2D eigenvalue weighted by atomic mass is 19.1. The van der Waals surface area contributed by atoms with E-state index >= 15 is 0 Å². The van der Waals surface area contributed by atoms with Gasteiger partial charge in [-0.3, -0.25) is 9.59 Å². The fourth-order valence-corrected chi connectivity index (χ4v) is 2.02. The monoisotopic (exact) mass is 326 g/mol. The molecule has 4 nitrogen and oxygen atoms in total. The molecule has 2 rings (SSSR count). The maximum Gasteiger partial charge on any atom is 0.253 e. The fraction of sp³-hybridized carbons (Fsp3) is 0.158. The van der Waals surface area contributed by atoms with Gasteiger partial charge in [0.15, 0.2) is 0 Å². The standard InChI is InChI=1S/C19H19FN2O2/c1-22(2)19(24)16-8-3-15(4-9-16)13-21-18(23)12-7-14-5-10-17(20)11-6-14/h3-12H,13H2,1-2H3,(H,21,23)/b12-7+. The lowest BCUT2D eigenvalue weighted by atomic mass is 10.1. The first-order chi connectivity index (χ1) is 11.5. The molecule has 0 fully saturated rings. The van der Waals surface area contributed by atoms with Crippen molar-refractivity contribution in [1.82, 2.24) is 10.2 Å². The van der Waals surface area contributed by atoms with Crippen molar-refractivity contribution in [3.05, 3.63) is 77.1 Å². The predicted octanol–water partition coefficient (Wildman–Crippen LogP) is 2.86. The first-order valence-corrected chi connectivity index (χ1v) is 7.48. The Hall–Kier alpha value is -2.95. The number of amides is 2. The first-order valence-electron chi connectivity index (χ1n) is 7.48. The molecule has 0 heterocycles. The summed E-state index contributed by atoms with van der Waals surface area (Å²) < 4.78 is 12.8. The van der Waals surface area contributed by atoms with E-state index in [1.807, 2.05) is 0 Å². The molecule has 0 aliphatic carbocycles. The molecular weight excluding hydrogens is 307 g/mol.